The van der Waals surface area contributed by atoms with Gasteiger partial charge in [-0.25, -0.2) is 0 Å². The Kier molecular flexibility index (Phi) is 4.21. The van der Waals surface area contributed by atoms with Crippen LogP contribution < -0.4 is 4.74 Å². The quantitative estimate of drug-likeness (QED) is 0.521. The van der Waals surface area contributed by atoms with E-state index >= 15 is 0 Å². The molecule has 0 aromatic heterocycles. The van der Waals surface area contributed by atoms with Crippen molar-refractivity contribution in [1.29, 1.82) is 0 Å². The fourth-order valence-corrected chi connectivity index (χ4v) is 1.13. The highest BCUT2D eigenvalue weighted by atomic mass is 127. The van der Waals surface area contributed by atoms with Gasteiger partial charge in [-0.05, 0) is 18.6 Å². The van der Waals surface area contributed by atoms with E-state index in [1.165, 1.54) is 0 Å². The Morgan fingerprint density at radius 2 is 2.25 bits per heavy atom. The summed E-state index contributed by atoms with van der Waals surface area (Å²) in [4.78, 5) is 0. The second kappa shape index (κ2) is 5.24. The third-order valence-corrected chi connectivity index (χ3v) is 2.13. The predicted molar refractivity (Wildman–Crippen MR) is 57.1 cm³/mol. The van der Waals surface area contributed by atoms with Crippen molar-refractivity contribution in [1.82, 2.24) is 0 Å². The molecule has 0 aliphatic carbocycles. The molecule has 3 heteroatoms. The smallest absolute Gasteiger partial charge is 0.122 e. The maximum Gasteiger partial charge on any atom is 0.122 e. The van der Waals surface area contributed by atoms with Crippen molar-refractivity contribution in [2.75, 3.05) is 11.0 Å². The summed E-state index contributed by atoms with van der Waals surface area (Å²) in [5.74, 6) is 0.988. The molecule has 1 N–H and O–H groups in total. The minimum Gasteiger partial charge on any atom is -0.508 e. The van der Waals surface area contributed by atoms with Gasteiger partial charge in [0.2, 0.25) is 0 Å². The molecule has 0 amide bonds. The zero-order valence-corrected chi connectivity index (χ0v) is 8.82. The van der Waals surface area contributed by atoms with Crippen molar-refractivity contribution in [3.05, 3.63) is 24.3 Å². The van der Waals surface area contributed by atoms with Crippen LogP contribution in [0.15, 0.2) is 24.3 Å². The molecule has 0 bridgehead atoms. The Hall–Kier alpha value is -0.450. The van der Waals surface area contributed by atoms with Gasteiger partial charge in [-0.2, -0.15) is 0 Å². The number of hydrogen-bond acceptors (Lipinski definition) is 2. The van der Waals surface area contributed by atoms with Crippen LogP contribution >= 0.6 is 22.6 Å². The van der Waals surface area contributed by atoms with Crippen molar-refractivity contribution in [2.24, 2.45) is 0 Å². The summed E-state index contributed by atoms with van der Waals surface area (Å²) in [6, 6.07) is 6.86. The Morgan fingerprint density at radius 3 is 2.92 bits per heavy atom. The molecule has 0 heterocycles. The largest absolute Gasteiger partial charge is 0.508 e. The number of rotatable bonds is 4. The Morgan fingerprint density at radius 1 is 1.42 bits per heavy atom. The highest BCUT2D eigenvalue weighted by molar-refractivity contribution is 14.1. The van der Waals surface area contributed by atoms with E-state index in [-0.39, 0.29) is 5.75 Å². The number of benzene rings is 1. The molecule has 0 aliphatic heterocycles. The van der Waals surface area contributed by atoms with Crippen LogP contribution in [0, 0.1) is 0 Å². The first-order chi connectivity index (χ1) is 5.83. The van der Waals surface area contributed by atoms with Gasteiger partial charge in [0, 0.05) is 10.5 Å². The number of phenols is 1. The van der Waals surface area contributed by atoms with E-state index < -0.39 is 0 Å². The summed E-state index contributed by atoms with van der Waals surface area (Å²) >= 11 is 2.31. The lowest BCUT2D eigenvalue weighted by molar-refractivity contribution is 0.317. The third kappa shape index (κ3) is 3.30. The summed E-state index contributed by atoms with van der Waals surface area (Å²) in [6.07, 6.45) is 1.04. The minimum atomic E-state index is 0.252. The predicted octanol–water partition coefficient (Wildman–Crippen LogP) is 2.60. The molecule has 1 rings (SSSR count). The lowest BCUT2D eigenvalue weighted by Crippen LogP contribution is -1.96. The minimum absolute atomic E-state index is 0.252. The SMILES string of the molecule is Oc1cccc(OCCCI)c1. The average molecular weight is 278 g/mol. The molecule has 66 valence electrons. The zero-order valence-electron chi connectivity index (χ0n) is 6.66. The Balaban J connectivity index is 2.41. The van der Waals surface area contributed by atoms with E-state index in [2.05, 4.69) is 22.6 Å². The molecule has 0 fully saturated rings. The van der Waals surface area contributed by atoms with E-state index in [1.807, 2.05) is 6.07 Å². The standard InChI is InChI=1S/C9H11IO2/c10-5-2-6-12-9-4-1-3-8(11)7-9/h1,3-4,7,11H,2,5-6H2. The summed E-state index contributed by atoms with van der Waals surface area (Å²) in [7, 11) is 0. The van der Waals surface area contributed by atoms with Crippen LogP contribution in [0.3, 0.4) is 0 Å². The molecule has 1 aromatic rings. The number of halogens is 1. The van der Waals surface area contributed by atoms with Gasteiger partial charge in [-0.1, -0.05) is 28.7 Å². The Bertz CT molecular complexity index is 238. The van der Waals surface area contributed by atoms with Gasteiger partial charge in [0.05, 0.1) is 6.61 Å². The molecule has 0 unspecified atom stereocenters. The molecule has 0 aliphatic rings. The van der Waals surface area contributed by atoms with Crippen molar-refractivity contribution in [3.63, 3.8) is 0 Å². The second-order valence-corrected chi connectivity index (χ2v) is 3.47. The van der Waals surface area contributed by atoms with E-state index in [9.17, 15) is 0 Å². The van der Waals surface area contributed by atoms with Crippen molar-refractivity contribution in [3.8, 4) is 11.5 Å². The van der Waals surface area contributed by atoms with Gasteiger partial charge in [0.25, 0.3) is 0 Å². The van der Waals surface area contributed by atoms with Gasteiger partial charge in [0.1, 0.15) is 11.5 Å². The summed E-state index contributed by atoms with van der Waals surface area (Å²) in [5, 5.41) is 9.09. The fraction of sp³-hybridized carbons (Fsp3) is 0.333. The lowest BCUT2D eigenvalue weighted by Gasteiger charge is -2.04. The molecule has 1 aromatic carbocycles. The first kappa shape index (κ1) is 9.64. The third-order valence-electron chi connectivity index (χ3n) is 1.36. The summed E-state index contributed by atoms with van der Waals surface area (Å²) < 4.78 is 6.46. The van der Waals surface area contributed by atoms with Crippen molar-refractivity contribution >= 4 is 22.6 Å². The van der Waals surface area contributed by atoms with Gasteiger partial charge >= 0.3 is 0 Å². The summed E-state index contributed by atoms with van der Waals surface area (Å²) in [5.41, 5.74) is 0. The fourth-order valence-electron chi connectivity index (χ4n) is 0.818. The van der Waals surface area contributed by atoms with Crippen LogP contribution in [0.2, 0.25) is 0 Å². The molecular weight excluding hydrogens is 267 g/mol. The van der Waals surface area contributed by atoms with Gasteiger partial charge in [-0.15, -0.1) is 0 Å². The van der Waals surface area contributed by atoms with Gasteiger partial charge < -0.3 is 9.84 Å². The maximum atomic E-state index is 9.09. The van der Waals surface area contributed by atoms with Crippen LogP contribution in [-0.4, -0.2) is 16.1 Å². The van der Waals surface area contributed by atoms with Crippen LogP contribution in [-0.2, 0) is 0 Å². The van der Waals surface area contributed by atoms with Gasteiger partial charge in [0.15, 0.2) is 0 Å². The van der Waals surface area contributed by atoms with Crippen LogP contribution in [0.25, 0.3) is 0 Å². The van der Waals surface area contributed by atoms with E-state index in [1.54, 1.807) is 18.2 Å². The normalized spacial score (nSPS) is 9.75. The lowest BCUT2D eigenvalue weighted by atomic mass is 10.3. The molecule has 0 saturated heterocycles. The summed E-state index contributed by atoms with van der Waals surface area (Å²) in [6.45, 7) is 0.715. The zero-order chi connectivity index (χ0) is 8.81. The first-order valence-corrected chi connectivity index (χ1v) is 5.33. The highest BCUT2D eigenvalue weighted by Gasteiger charge is 1.93. The molecule has 0 saturated carbocycles. The van der Waals surface area contributed by atoms with Gasteiger partial charge in [-0.3, -0.25) is 0 Å². The number of alkyl halides is 1. The average Bonchev–Trinajstić information content (AvgIpc) is 2.05. The van der Waals surface area contributed by atoms with Crippen LogP contribution in [0.5, 0.6) is 11.5 Å². The number of phenolic OH excluding ortho intramolecular Hbond substituents is 1. The topological polar surface area (TPSA) is 29.5 Å². The molecule has 0 atom stereocenters. The molecule has 0 radical (unpaired) electrons. The first-order valence-electron chi connectivity index (χ1n) is 3.81. The molecular formula is C9H11IO2. The number of aromatic hydroxyl groups is 1. The van der Waals surface area contributed by atoms with Crippen molar-refractivity contribution < 1.29 is 9.84 Å². The Labute approximate surface area is 85.7 Å². The number of ether oxygens (including phenoxy) is 1. The van der Waals surface area contributed by atoms with Crippen LogP contribution in [0.1, 0.15) is 6.42 Å². The molecule has 2 nitrogen and oxygen atoms in total. The maximum absolute atomic E-state index is 9.09. The van der Waals surface area contributed by atoms with E-state index in [0.29, 0.717) is 6.61 Å². The number of hydrogen-bond donors (Lipinski definition) is 1. The van der Waals surface area contributed by atoms with E-state index in [0.717, 1.165) is 16.6 Å². The molecule has 12 heavy (non-hydrogen) atoms. The van der Waals surface area contributed by atoms with Crippen LogP contribution in [0.4, 0.5) is 0 Å². The molecule has 0 spiro atoms. The van der Waals surface area contributed by atoms with E-state index in [4.69, 9.17) is 9.84 Å². The monoisotopic (exact) mass is 278 g/mol. The second-order valence-electron chi connectivity index (χ2n) is 2.39. The highest BCUT2D eigenvalue weighted by Crippen LogP contribution is 2.17. The van der Waals surface area contributed by atoms with Crippen molar-refractivity contribution in [2.45, 2.75) is 6.42 Å².